The Balaban J connectivity index is 1.97. The summed E-state index contributed by atoms with van der Waals surface area (Å²) in [5.74, 6) is -0.582. The molecule has 1 aliphatic rings. The van der Waals surface area contributed by atoms with E-state index >= 15 is 0 Å². The van der Waals surface area contributed by atoms with Crippen LogP contribution in [0.4, 0.5) is 10.5 Å². The molecule has 1 fully saturated rings. The molecule has 3 rings (SSSR count). The van der Waals surface area contributed by atoms with E-state index in [1.165, 1.54) is 0 Å². The number of hydrogen-bond donors (Lipinski definition) is 3. The number of carbonyl (C=O) groups is 3. The highest BCUT2D eigenvalue weighted by molar-refractivity contribution is 7.80. The van der Waals surface area contributed by atoms with Crippen LogP contribution < -0.4 is 10.6 Å². The van der Waals surface area contributed by atoms with Crippen molar-refractivity contribution in [3.63, 3.8) is 0 Å². The predicted octanol–water partition coefficient (Wildman–Crippen LogP) is 5.19. The smallest absolute Gasteiger partial charge is 0.408 e. The SMILES string of the molecule is Cc1cccc(C)c1NC(=O)C(c1ccccc1)N(C(=O)C(CS)NC(=O)OC(C)(C)C)C1CCC1. The molecule has 2 aromatic rings. The van der Waals surface area contributed by atoms with Gasteiger partial charge in [0.15, 0.2) is 0 Å². The molecule has 2 atom stereocenters. The van der Waals surface area contributed by atoms with Gasteiger partial charge in [-0.1, -0.05) is 48.5 Å². The highest BCUT2D eigenvalue weighted by Crippen LogP contribution is 2.35. The van der Waals surface area contributed by atoms with E-state index < -0.39 is 23.8 Å². The van der Waals surface area contributed by atoms with Gasteiger partial charge in [0.25, 0.3) is 5.91 Å². The van der Waals surface area contributed by atoms with Crippen LogP contribution in [0.5, 0.6) is 0 Å². The maximum Gasteiger partial charge on any atom is 0.408 e. The minimum absolute atomic E-state index is 0.0708. The largest absolute Gasteiger partial charge is 0.444 e. The first-order valence-corrected chi connectivity index (χ1v) is 13.0. The first kappa shape index (κ1) is 27.6. The highest BCUT2D eigenvalue weighted by atomic mass is 32.1. The molecule has 0 radical (unpaired) electrons. The van der Waals surface area contributed by atoms with Gasteiger partial charge in [-0.2, -0.15) is 12.6 Å². The van der Waals surface area contributed by atoms with E-state index in [0.29, 0.717) is 5.56 Å². The number of benzene rings is 2. The molecular weight excluding hydrogens is 474 g/mol. The summed E-state index contributed by atoms with van der Waals surface area (Å²) in [6, 6.07) is 13.2. The molecule has 8 heteroatoms. The zero-order chi connectivity index (χ0) is 26.5. The van der Waals surface area contributed by atoms with Gasteiger partial charge < -0.3 is 20.3 Å². The summed E-state index contributed by atoms with van der Waals surface area (Å²) < 4.78 is 5.36. The molecule has 0 heterocycles. The van der Waals surface area contributed by atoms with E-state index in [0.717, 1.165) is 36.1 Å². The Bertz CT molecular complexity index is 1060. The lowest BCUT2D eigenvalue weighted by molar-refractivity contribution is -0.145. The van der Waals surface area contributed by atoms with Crippen LogP contribution in [-0.4, -0.2) is 46.2 Å². The average Bonchev–Trinajstić information content (AvgIpc) is 2.77. The maximum absolute atomic E-state index is 13.9. The molecule has 2 unspecified atom stereocenters. The monoisotopic (exact) mass is 511 g/mol. The fraction of sp³-hybridized carbons (Fsp3) is 0.464. The number of para-hydroxylation sites is 1. The van der Waals surface area contributed by atoms with Crippen LogP contribution in [0.1, 0.15) is 62.8 Å². The summed E-state index contributed by atoms with van der Waals surface area (Å²) in [5.41, 5.74) is 2.62. The van der Waals surface area contributed by atoms with Crippen LogP contribution in [0, 0.1) is 13.8 Å². The Morgan fingerprint density at radius 3 is 2.14 bits per heavy atom. The van der Waals surface area contributed by atoms with Gasteiger partial charge in [-0.25, -0.2) is 4.79 Å². The molecular formula is C28H37N3O4S. The lowest BCUT2D eigenvalue weighted by Crippen LogP contribution is -2.57. The number of hydrogen-bond acceptors (Lipinski definition) is 5. The first-order chi connectivity index (χ1) is 17.0. The quantitative estimate of drug-likeness (QED) is 0.426. The summed E-state index contributed by atoms with van der Waals surface area (Å²) in [6.07, 6.45) is 1.86. The summed E-state index contributed by atoms with van der Waals surface area (Å²) in [5, 5.41) is 5.74. The van der Waals surface area contributed by atoms with Crippen molar-refractivity contribution in [2.75, 3.05) is 11.1 Å². The van der Waals surface area contributed by atoms with Crippen LogP contribution in [0.3, 0.4) is 0 Å². The Morgan fingerprint density at radius 2 is 1.64 bits per heavy atom. The Labute approximate surface area is 219 Å². The zero-order valence-corrected chi connectivity index (χ0v) is 22.6. The lowest BCUT2D eigenvalue weighted by Gasteiger charge is -2.43. The number of anilines is 1. The van der Waals surface area contributed by atoms with Gasteiger partial charge in [-0.15, -0.1) is 0 Å². The molecule has 1 aliphatic carbocycles. The number of carbonyl (C=O) groups excluding carboxylic acids is 3. The zero-order valence-electron chi connectivity index (χ0n) is 21.7. The summed E-state index contributed by atoms with van der Waals surface area (Å²) in [6.45, 7) is 9.16. The average molecular weight is 512 g/mol. The minimum atomic E-state index is -0.942. The van der Waals surface area contributed by atoms with Crippen LogP contribution in [0.2, 0.25) is 0 Å². The minimum Gasteiger partial charge on any atom is -0.444 e. The number of nitrogens with zero attached hydrogens (tertiary/aromatic N) is 1. The molecule has 7 nitrogen and oxygen atoms in total. The Hall–Kier alpha value is -3.00. The Kier molecular flexibility index (Phi) is 9.06. The fourth-order valence-electron chi connectivity index (χ4n) is 4.27. The van der Waals surface area contributed by atoms with Crippen molar-refractivity contribution in [3.8, 4) is 0 Å². The van der Waals surface area contributed by atoms with E-state index in [-0.39, 0.29) is 23.6 Å². The normalized spacial score (nSPS) is 15.3. The molecule has 2 aromatic carbocycles. The van der Waals surface area contributed by atoms with Gasteiger partial charge in [0, 0.05) is 17.5 Å². The number of aryl methyl sites for hydroxylation is 2. The Morgan fingerprint density at radius 1 is 1.03 bits per heavy atom. The summed E-state index contributed by atoms with van der Waals surface area (Å²) >= 11 is 4.35. The van der Waals surface area contributed by atoms with Crippen molar-refractivity contribution in [1.82, 2.24) is 10.2 Å². The van der Waals surface area contributed by atoms with E-state index in [2.05, 4.69) is 23.3 Å². The molecule has 0 aromatic heterocycles. The van der Waals surface area contributed by atoms with Crippen molar-refractivity contribution < 1.29 is 19.1 Å². The van der Waals surface area contributed by atoms with Gasteiger partial charge in [-0.3, -0.25) is 9.59 Å². The molecule has 3 amide bonds. The third-order valence-corrected chi connectivity index (χ3v) is 6.63. The predicted molar refractivity (Wildman–Crippen MR) is 145 cm³/mol. The van der Waals surface area contributed by atoms with Gasteiger partial charge in [0.2, 0.25) is 5.91 Å². The van der Waals surface area contributed by atoms with Crippen LogP contribution >= 0.6 is 12.6 Å². The topological polar surface area (TPSA) is 87.7 Å². The van der Waals surface area contributed by atoms with E-state index in [1.807, 2.05) is 62.4 Å². The molecule has 0 spiro atoms. The molecule has 2 N–H and O–H groups in total. The number of ether oxygens (including phenoxy) is 1. The first-order valence-electron chi connectivity index (χ1n) is 12.4. The third-order valence-electron chi connectivity index (χ3n) is 6.27. The fourth-order valence-corrected chi connectivity index (χ4v) is 4.52. The van der Waals surface area contributed by atoms with Crippen molar-refractivity contribution >= 4 is 36.2 Å². The van der Waals surface area contributed by atoms with Gasteiger partial charge in [0.05, 0.1) is 0 Å². The highest BCUT2D eigenvalue weighted by Gasteiger charge is 2.41. The van der Waals surface area contributed by atoms with Crippen LogP contribution in [-0.2, 0) is 14.3 Å². The number of rotatable bonds is 8. The molecule has 0 bridgehead atoms. The van der Waals surface area contributed by atoms with E-state index in [1.54, 1.807) is 25.7 Å². The van der Waals surface area contributed by atoms with E-state index in [9.17, 15) is 14.4 Å². The summed E-state index contributed by atoms with van der Waals surface area (Å²) in [4.78, 5) is 42.0. The molecule has 36 heavy (non-hydrogen) atoms. The van der Waals surface area contributed by atoms with Crippen LogP contribution in [0.25, 0.3) is 0 Å². The molecule has 1 saturated carbocycles. The number of amides is 3. The second-order valence-corrected chi connectivity index (χ2v) is 10.6. The second kappa shape index (κ2) is 11.8. The number of thiol groups is 1. The van der Waals surface area contributed by atoms with Gasteiger partial charge >= 0.3 is 6.09 Å². The summed E-state index contributed by atoms with van der Waals surface area (Å²) in [7, 11) is 0. The van der Waals surface area contributed by atoms with Crippen molar-refractivity contribution in [3.05, 3.63) is 65.2 Å². The lowest BCUT2D eigenvalue weighted by atomic mass is 9.88. The number of nitrogens with one attached hydrogen (secondary N) is 2. The maximum atomic E-state index is 13.9. The third kappa shape index (κ3) is 6.81. The van der Waals surface area contributed by atoms with Gasteiger partial charge in [0.1, 0.15) is 17.7 Å². The van der Waals surface area contributed by atoms with Crippen molar-refractivity contribution in [2.24, 2.45) is 0 Å². The van der Waals surface area contributed by atoms with Gasteiger partial charge in [-0.05, 0) is 70.6 Å². The van der Waals surface area contributed by atoms with E-state index in [4.69, 9.17) is 4.74 Å². The van der Waals surface area contributed by atoms with Crippen LogP contribution in [0.15, 0.2) is 48.5 Å². The second-order valence-electron chi connectivity index (χ2n) is 10.3. The van der Waals surface area contributed by atoms with Crippen molar-refractivity contribution in [2.45, 2.75) is 77.6 Å². The molecule has 0 aliphatic heterocycles. The number of alkyl carbamates (subject to hydrolysis) is 1. The molecule has 0 saturated heterocycles. The molecule has 194 valence electrons. The standard InChI is InChI=1S/C28H37N3O4S/c1-18-11-9-12-19(2)23(18)30-25(32)24(20-13-7-6-8-14-20)31(21-15-10-16-21)26(33)22(17-36)29-27(34)35-28(3,4)5/h6-9,11-14,21-22,24,36H,10,15-17H2,1-5H3,(H,29,34)(H,30,32). The van der Waals surface area contributed by atoms with Crippen molar-refractivity contribution in [1.29, 1.82) is 0 Å².